The molecule has 0 fully saturated rings. The summed E-state index contributed by atoms with van der Waals surface area (Å²) in [6.45, 7) is 6.70. The summed E-state index contributed by atoms with van der Waals surface area (Å²) in [5.74, 6) is -1.50. The van der Waals surface area contributed by atoms with Crippen molar-refractivity contribution in [2.45, 2.75) is 19.9 Å². The summed E-state index contributed by atoms with van der Waals surface area (Å²) in [7, 11) is 0. The van der Waals surface area contributed by atoms with E-state index >= 15 is 0 Å². The molecule has 0 unspecified atom stereocenters. The molecule has 1 atom stereocenters. The van der Waals surface area contributed by atoms with E-state index in [9.17, 15) is 9.59 Å². The van der Waals surface area contributed by atoms with Crippen molar-refractivity contribution in [3.05, 3.63) is 12.8 Å². The molecule has 0 saturated carbocycles. The molecule has 88 valence electrons. The van der Waals surface area contributed by atoms with Gasteiger partial charge in [0, 0.05) is 0 Å². The van der Waals surface area contributed by atoms with Gasteiger partial charge in [0.2, 0.25) is 0 Å². The second-order valence-electron chi connectivity index (χ2n) is 2.90. The Hall–Kier alpha value is -1.07. The molecule has 0 aromatic carbocycles. The number of hydrogen-bond acceptors (Lipinski definition) is 4. The van der Waals surface area contributed by atoms with Crippen LogP contribution in [0.1, 0.15) is 13.8 Å². The van der Waals surface area contributed by atoms with E-state index in [-0.39, 0.29) is 11.8 Å². The van der Waals surface area contributed by atoms with Crippen molar-refractivity contribution >= 4 is 23.5 Å². The maximum atomic E-state index is 10.0. The van der Waals surface area contributed by atoms with Crippen LogP contribution in [0.15, 0.2) is 12.8 Å². The Kier molecular flexibility index (Phi) is 10.3. The van der Waals surface area contributed by atoms with Crippen LogP contribution in [0.5, 0.6) is 0 Å². The minimum absolute atomic E-state index is 0.0208. The van der Waals surface area contributed by atoms with Crippen LogP contribution in [-0.2, 0) is 14.3 Å². The fourth-order valence-corrected chi connectivity index (χ4v) is 0.473. The van der Waals surface area contributed by atoms with Gasteiger partial charge in [0.1, 0.15) is 11.9 Å². The summed E-state index contributed by atoms with van der Waals surface area (Å²) in [6, 6.07) is -0.713. The van der Waals surface area contributed by atoms with E-state index in [0.717, 1.165) is 6.26 Å². The summed E-state index contributed by atoms with van der Waals surface area (Å²) in [5, 5.41) is 8.23. The van der Waals surface area contributed by atoms with E-state index in [0.29, 0.717) is 0 Å². The van der Waals surface area contributed by atoms with Gasteiger partial charge in [-0.25, -0.2) is 0 Å². The second kappa shape index (κ2) is 9.48. The van der Waals surface area contributed by atoms with Gasteiger partial charge in [0.15, 0.2) is 0 Å². The third-order valence-electron chi connectivity index (χ3n) is 1.33. The Morgan fingerprint density at radius 2 is 2.07 bits per heavy atom. The predicted molar refractivity (Wildman–Crippen MR) is 57.5 cm³/mol. The first-order valence-corrected chi connectivity index (χ1v) is 4.75. The number of ether oxygens (including phenoxy) is 1. The lowest BCUT2D eigenvalue weighted by molar-refractivity contribution is -0.139. The highest BCUT2D eigenvalue weighted by atomic mass is 35.5. The smallest absolute Gasteiger partial charge is 0.325 e. The lowest BCUT2D eigenvalue weighted by Crippen LogP contribution is -2.34. The Morgan fingerprint density at radius 3 is 2.13 bits per heavy atom. The normalized spacial score (nSPS) is 11.0. The molecule has 5 nitrogen and oxygen atoms in total. The largest absolute Gasteiger partial charge is 0.480 e. The van der Waals surface area contributed by atoms with Crippen LogP contribution in [0.4, 0.5) is 0 Å². The van der Waals surface area contributed by atoms with Gasteiger partial charge in [-0.1, -0.05) is 20.4 Å². The van der Waals surface area contributed by atoms with Crippen LogP contribution < -0.4 is 5.73 Å². The summed E-state index contributed by atoms with van der Waals surface area (Å²) >= 11 is 5.01. The molecule has 0 aliphatic heterocycles. The topological polar surface area (TPSA) is 89.6 Å². The first kappa shape index (κ1) is 16.4. The molecule has 0 heterocycles. The number of carboxylic acids is 1. The Balaban J connectivity index is 0. The molecule has 0 aromatic heterocycles. The molecule has 6 heteroatoms. The number of rotatable bonds is 4. The van der Waals surface area contributed by atoms with Crippen LogP contribution in [0.25, 0.3) is 0 Å². The monoisotopic (exact) mass is 237 g/mol. The Bertz CT molecular complexity index is 218. The number of hydrogen-bond donors (Lipinski definition) is 2. The zero-order chi connectivity index (χ0) is 12.4. The summed E-state index contributed by atoms with van der Waals surface area (Å²) in [4.78, 5) is 20.0. The van der Waals surface area contributed by atoms with Crippen molar-refractivity contribution in [2.24, 2.45) is 11.7 Å². The van der Waals surface area contributed by atoms with E-state index in [2.05, 4.69) is 11.3 Å². The standard InChI is InChI=1S/C5H11NO2.C4H5ClO2/c1-3(2)4(6)5(7)8;1-2-7-4(6)3-5/h3-4H,6H2,1-2H3,(H,7,8);2H,1,3H2/t4-;/m0./s1. The maximum Gasteiger partial charge on any atom is 0.325 e. The van der Waals surface area contributed by atoms with Crippen LogP contribution in [-0.4, -0.2) is 29.0 Å². The van der Waals surface area contributed by atoms with E-state index < -0.39 is 18.0 Å². The predicted octanol–water partition coefficient (Wildman–Crippen LogP) is 0.966. The number of carbonyl (C=O) groups excluding carboxylic acids is 1. The minimum atomic E-state index is -0.931. The van der Waals surface area contributed by atoms with Gasteiger partial charge in [-0.2, -0.15) is 0 Å². The third-order valence-corrected chi connectivity index (χ3v) is 1.55. The Labute approximate surface area is 93.8 Å². The van der Waals surface area contributed by atoms with Crippen molar-refractivity contribution in [3.63, 3.8) is 0 Å². The number of aliphatic carboxylic acids is 1. The fourth-order valence-electron chi connectivity index (χ4n) is 0.410. The quantitative estimate of drug-likeness (QED) is 0.432. The highest BCUT2D eigenvalue weighted by Gasteiger charge is 2.14. The van der Waals surface area contributed by atoms with Crippen LogP contribution in [0.3, 0.4) is 0 Å². The summed E-state index contributed by atoms with van der Waals surface area (Å²) in [5.41, 5.74) is 5.16. The van der Waals surface area contributed by atoms with Gasteiger partial charge in [0.05, 0.1) is 6.26 Å². The number of halogens is 1. The number of nitrogens with two attached hydrogens (primary N) is 1. The molecule has 0 bridgehead atoms. The van der Waals surface area contributed by atoms with Crippen molar-refractivity contribution in [2.75, 3.05) is 5.88 Å². The van der Waals surface area contributed by atoms with Crippen LogP contribution in [0, 0.1) is 5.92 Å². The third kappa shape index (κ3) is 10.9. The van der Waals surface area contributed by atoms with Crippen LogP contribution in [0.2, 0.25) is 0 Å². The number of carbonyl (C=O) groups is 2. The summed E-state index contributed by atoms with van der Waals surface area (Å²) < 4.78 is 4.18. The summed E-state index contributed by atoms with van der Waals surface area (Å²) in [6.07, 6.45) is 1.05. The molecule has 0 amide bonds. The van der Waals surface area contributed by atoms with Gasteiger partial charge in [-0.3, -0.25) is 9.59 Å². The molecule has 0 saturated heterocycles. The first-order valence-electron chi connectivity index (χ1n) is 4.21. The Morgan fingerprint density at radius 1 is 1.60 bits per heavy atom. The molecule has 0 radical (unpaired) electrons. The molecule has 0 aliphatic carbocycles. The molecule has 15 heavy (non-hydrogen) atoms. The van der Waals surface area contributed by atoms with Crippen molar-refractivity contribution in [1.82, 2.24) is 0 Å². The highest BCUT2D eigenvalue weighted by molar-refractivity contribution is 6.26. The van der Waals surface area contributed by atoms with Crippen LogP contribution >= 0.6 is 11.6 Å². The molecule has 3 N–H and O–H groups in total. The molecule has 0 rings (SSSR count). The average Bonchev–Trinajstić information content (AvgIpc) is 2.17. The molecule has 0 spiro atoms. The van der Waals surface area contributed by atoms with E-state index in [4.69, 9.17) is 22.4 Å². The lowest BCUT2D eigenvalue weighted by atomic mass is 10.1. The van der Waals surface area contributed by atoms with Crippen molar-refractivity contribution in [3.8, 4) is 0 Å². The van der Waals surface area contributed by atoms with Gasteiger partial charge >= 0.3 is 11.9 Å². The van der Waals surface area contributed by atoms with Crippen molar-refractivity contribution in [1.29, 1.82) is 0 Å². The zero-order valence-electron chi connectivity index (χ0n) is 8.77. The molecular formula is C9H16ClNO4. The van der Waals surface area contributed by atoms with E-state index in [1.807, 2.05) is 0 Å². The number of esters is 1. The number of alkyl halides is 1. The molecular weight excluding hydrogens is 222 g/mol. The molecule has 0 aromatic rings. The second-order valence-corrected chi connectivity index (χ2v) is 3.17. The lowest BCUT2D eigenvalue weighted by Gasteiger charge is -2.07. The maximum absolute atomic E-state index is 10.0. The molecule has 0 aliphatic rings. The van der Waals surface area contributed by atoms with E-state index in [1.165, 1.54) is 0 Å². The first-order chi connectivity index (χ1) is 6.86. The zero-order valence-corrected chi connectivity index (χ0v) is 9.53. The number of carboxylic acid groups (broad SMARTS) is 1. The van der Waals surface area contributed by atoms with E-state index in [1.54, 1.807) is 13.8 Å². The van der Waals surface area contributed by atoms with Gasteiger partial charge in [-0.05, 0) is 5.92 Å². The SMILES string of the molecule is C=COC(=O)CCl.CC(C)[C@H](N)C(=O)O. The van der Waals surface area contributed by atoms with Gasteiger partial charge in [0.25, 0.3) is 0 Å². The highest BCUT2D eigenvalue weighted by Crippen LogP contribution is 1.96. The van der Waals surface area contributed by atoms with Gasteiger partial charge in [-0.15, -0.1) is 11.6 Å². The fraction of sp³-hybridized carbons (Fsp3) is 0.556. The van der Waals surface area contributed by atoms with Gasteiger partial charge < -0.3 is 15.6 Å². The average molecular weight is 238 g/mol. The minimum Gasteiger partial charge on any atom is -0.480 e. The van der Waals surface area contributed by atoms with Crippen molar-refractivity contribution < 1.29 is 19.4 Å².